The van der Waals surface area contributed by atoms with Crippen molar-refractivity contribution in [1.82, 2.24) is 44.4 Å². The van der Waals surface area contributed by atoms with Crippen LogP contribution in [-0.2, 0) is 9.59 Å². The number of halogens is 1. The molecule has 17 heteroatoms. The summed E-state index contributed by atoms with van der Waals surface area (Å²) in [6.45, 7) is 8.70. The number of carbonyl (C=O) groups is 2. The Kier molecular flexibility index (Phi) is 12.8. The van der Waals surface area contributed by atoms with E-state index in [-0.39, 0.29) is 23.9 Å². The van der Waals surface area contributed by atoms with Gasteiger partial charge in [-0.25, -0.2) is 19.9 Å². The Labute approximate surface area is 355 Å². The van der Waals surface area contributed by atoms with Gasteiger partial charge in [0.05, 0.1) is 12.4 Å². The minimum Gasteiger partial charge on any atom is -0.342 e. The van der Waals surface area contributed by atoms with Crippen molar-refractivity contribution in [2.75, 3.05) is 64.8 Å². The maximum Gasteiger partial charge on any atom is 0.249 e. The van der Waals surface area contributed by atoms with Gasteiger partial charge in [0.1, 0.15) is 23.5 Å². The summed E-state index contributed by atoms with van der Waals surface area (Å²) < 4.78 is 4.44. The number of amides is 2. The fraction of sp³-hybridized carbons (Fsp3) is 0.619. The summed E-state index contributed by atoms with van der Waals surface area (Å²) in [6.07, 6.45) is 26.9. The summed E-state index contributed by atoms with van der Waals surface area (Å²) in [5, 5.41) is 3.22. The zero-order valence-corrected chi connectivity index (χ0v) is 36.6. The van der Waals surface area contributed by atoms with Crippen molar-refractivity contribution in [3.8, 4) is 11.9 Å². The molecule has 2 atom stereocenters. The summed E-state index contributed by atoms with van der Waals surface area (Å²) in [7, 11) is 3.65. The van der Waals surface area contributed by atoms with Crippen LogP contribution in [0.4, 0.5) is 29.0 Å². The van der Waals surface area contributed by atoms with E-state index in [2.05, 4.69) is 69.7 Å². The lowest BCUT2D eigenvalue weighted by Gasteiger charge is -2.43. The van der Waals surface area contributed by atoms with Gasteiger partial charge in [-0.05, 0) is 93.2 Å². The molecule has 0 aromatic carbocycles. The molecule has 2 saturated heterocycles. The molecular weight excluding hydrogens is 812 g/mol. The molecule has 1 N–H and O–H groups in total. The molecular formula is C42H59BrN14O2. The number of anilines is 5. The van der Waals surface area contributed by atoms with Gasteiger partial charge in [-0.1, -0.05) is 39.5 Å². The summed E-state index contributed by atoms with van der Waals surface area (Å²) in [4.78, 5) is 63.8. The second-order valence-electron chi connectivity index (χ2n) is 16.4. The average molecular weight is 872 g/mol. The fourth-order valence-corrected chi connectivity index (χ4v) is 10.0. The molecule has 16 nitrogen and oxygen atoms in total. The highest BCUT2D eigenvalue weighted by atomic mass is 79.9. The molecule has 0 bridgehead atoms. The number of fused-ring (bicyclic) bond motifs is 2. The van der Waals surface area contributed by atoms with E-state index in [1.54, 1.807) is 33.0 Å². The van der Waals surface area contributed by atoms with Crippen LogP contribution in [0.15, 0.2) is 41.9 Å². The first kappa shape index (κ1) is 41.1. The van der Waals surface area contributed by atoms with Crippen molar-refractivity contribution in [1.29, 1.82) is 0 Å². The van der Waals surface area contributed by atoms with E-state index in [0.29, 0.717) is 28.7 Å². The Hall–Kier alpha value is -4.64. The number of aromatic nitrogens is 8. The highest BCUT2D eigenvalue weighted by Crippen LogP contribution is 2.41. The van der Waals surface area contributed by atoms with Crippen LogP contribution in [-0.4, -0.2) is 115 Å². The summed E-state index contributed by atoms with van der Waals surface area (Å²) in [6, 6.07) is 0.434. The van der Waals surface area contributed by atoms with E-state index in [1.807, 2.05) is 37.3 Å². The maximum atomic E-state index is 13.0. The third kappa shape index (κ3) is 8.16. The molecule has 6 aliphatic rings. The third-order valence-corrected chi connectivity index (χ3v) is 13.4. The molecule has 4 aromatic rings. The monoisotopic (exact) mass is 870 g/mol. The van der Waals surface area contributed by atoms with Crippen LogP contribution in [0.3, 0.4) is 0 Å². The highest BCUT2D eigenvalue weighted by molar-refractivity contribution is 9.10. The molecule has 59 heavy (non-hydrogen) atoms. The van der Waals surface area contributed by atoms with Gasteiger partial charge in [-0.15, -0.1) is 0 Å². The van der Waals surface area contributed by atoms with Gasteiger partial charge in [-0.3, -0.25) is 18.7 Å². The Balaban J connectivity index is 0.000000148. The Morgan fingerprint density at radius 3 is 1.56 bits per heavy atom. The lowest BCUT2D eigenvalue weighted by atomic mass is 10.0. The number of likely N-dealkylation sites (N-methyl/N-ethyl adjacent to an activating group) is 2. The Bertz CT molecular complexity index is 2060. The molecule has 4 aromatic heterocycles. The van der Waals surface area contributed by atoms with Crippen molar-refractivity contribution in [2.24, 2.45) is 0 Å². The smallest absolute Gasteiger partial charge is 0.249 e. The molecule has 10 rings (SSSR count). The molecule has 4 aliphatic heterocycles. The Morgan fingerprint density at radius 1 is 0.644 bits per heavy atom. The number of hydrogen-bond donors (Lipinski definition) is 1. The van der Waals surface area contributed by atoms with Crippen molar-refractivity contribution < 1.29 is 9.59 Å². The number of rotatable bonds is 7. The first-order valence-corrected chi connectivity index (χ1v) is 22.6. The second kappa shape index (κ2) is 18.3. The van der Waals surface area contributed by atoms with Crippen molar-refractivity contribution in [3.63, 3.8) is 0 Å². The SMILES string of the molecule is C1CCNC1.CC[C@@H]1C(=O)N(C)c2cnc(-n3ccnc3Br)nc2N1C1CCCC1.CC[C@@H]1C(=O)N(C)c2cnc(-n3ccnc3N3CCCC3)nc2N1C1CCCC1. The molecule has 2 aliphatic carbocycles. The topological polar surface area (TPSA) is 150 Å². The quantitative estimate of drug-likeness (QED) is 0.230. The van der Waals surface area contributed by atoms with Gasteiger partial charge in [0.15, 0.2) is 16.4 Å². The van der Waals surface area contributed by atoms with Crippen LogP contribution >= 0.6 is 15.9 Å². The number of nitrogens with zero attached hydrogens (tertiary/aromatic N) is 13. The second-order valence-corrected chi connectivity index (χ2v) is 17.1. The summed E-state index contributed by atoms with van der Waals surface area (Å²) >= 11 is 3.42. The zero-order valence-electron chi connectivity index (χ0n) is 35.0. The predicted molar refractivity (Wildman–Crippen MR) is 234 cm³/mol. The van der Waals surface area contributed by atoms with E-state index in [4.69, 9.17) is 9.97 Å². The lowest BCUT2D eigenvalue weighted by molar-refractivity contribution is -0.120. The fourth-order valence-electron chi connectivity index (χ4n) is 9.64. The van der Waals surface area contributed by atoms with Gasteiger partial charge in [-0.2, -0.15) is 9.97 Å². The summed E-state index contributed by atoms with van der Waals surface area (Å²) in [5.74, 6) is 4.10. The van der Waals surface area contributed by atoms with Crippen LogP contribution in [0.5, 0.6) is 0 Å². The van der Waals surface area contributed by atoms with E-state index in [9.17, 15) is 9.59 Å². The largest absolute Gasteiger partial charge is 0.342 e. The standard InChI is InChI=1S/C21H29N7O.C17H21BrN6O.C4H9N/c1-3-16-19(29)25(2)17-14-23-20(24-18(17)28(16)15-8-4-5-9-15)27-13-10-22-21(27)26-11-6-7-12-26;1-3-12-15(25)22(2)13-10-20-17(23-9-8-19-16(23)18)21-14(13)24(12)11-6-4-5-7-11;1-2-4-5-3-1/h10,13-16H,3-9,11-12H2,1-2H3;8-12H,3-7H2,1-2H3;5H,1-4H2/t16-;12-;/m11./s1. The number of hydrogen-bond acceptors (Lipinski definition) is 12. The third-order valence-electron chi connectivity index (χ3n) is 12.8. The molecule has 2 amide bonds. The minimum atomic E-state index is -0.158. The molecule has 0 radical (unpaired) electrons. The molecule has 4 fully saturated rings. The van der Waals surface area contributed by atoms with Crippen LogP contribution in [0.2, 0.25) is 0 Å². The Morgan fingerprint density at radius 2 is 1.12 bits per heavy atom. The van der Waals surface area contributed by atoms with Crippen LogP contribution in [0.25, 0.3) is 11.9 Å². The number of imidazole rings is 2. The molecule has 316 valence electrons. The van der Waals surface area contributed by atoms with Crippen molar-refractivity contribution >= 4 is 56.7 Å². The normalized spacial score (nSPS) is 22.1. The van der Waals surface area contributed by atoms with Gasteiger partial charge in [0.2, 0.25) is 29.7 Å². The molecule has 0 unspecified atom stereocenters. The van der Waals surface area contributed by atoms with E-state index in [1.165, 1.54) is 64.5 Å². The van der Waals surface area contributed by atoms with Gasteiger partial charge in [0.25, 0.3) is 0 Å². The number of carbonyl (C=O) groups excluding carboxylic acids is 2. The van der Waals surface area contributed by atoms with E-state index in [0.717, 1.165) is 80.6 Å². The molecule has 2 saturated carbocycles. The van der Waals surface area contributed by atoms with Crippen molar-refractivity contribution in [2.45, 2.75) is 128 Å². The van der Waals surface area contributed by atoms with Gasteiger partial charge >= 0.3 is 0 Å². The van der Waals surface area contributed by atoms with Gasteiger partial charge < -0.3 is 29.8 Å². The maximum absolute atomic E-state index is 13.0. The van der Waals surface area contributed by atoms with E-state index >= 15 is 0 Å². The minimum absolute atomic E-state index is 0.127. The van der Waals surface area contributed by atoms with Crippen LogP contribution in [0.1, 0.15) is 104 Å². The van der Waals surface area contributed by atoms with Crippen molar-refractivity contribution in [3.05, 3.63) is 41.9 Å². The average Bonchev–Trinajstić information content (AvgIpc) is 4.11. The zero-order chi connectivity index (χ0) is 41.0. The van der Waals surface area contributed by atoms with Gasteiger partial charge in [0, 0.05) is 64.1 Å². The lowest BCUT2D eigenvalue weighted by Crippen LogP contribution is -2.55. The van der Waals surface area contributed by atoms with Crippen LogP contribution in [0, 0.1) is 0 Å². The molecule has 0 spiro atoms. The first-order chi connectivity index (χ1) is 28.8. The first-order valence-electron chi connectivity index (χ1n) is 21.8. The number of nitrogens with one attached hydrogen (secondary N) is 1. The highest BCUT2D eigenvalue weighted by Gasteiger charge is 2.43. The van der Waals surface area contributed by atoms with E-state index < -0.39 is 0 Å². The summed E-state index contributed by atoms with van der Waals surface area (Å²) in [5.41, 5.74) is 1.58. The van der Waals surface area contributed by atoms with Crippen LogP contribution < -0.4 is 29.8 Å². The predicted octanol–water partition coefficient (Wildman–Crippen LogP) is 6.07. The molecule has 8 heterocycles.